The second-order valence-electron chi connectivity index (χ2n) is 6.86. The van der Waals surface area contributed by atoms with Gasteiger partial charge in [0.15, 0.2) is 9.84 Å². The second kappa shape index (κ2) is 7.62. The summed E-state index contributed by atoms with van der Waals surface area (Å²) in [6, 6.07) is 13.9. The van der Waals surface area contributed by atoms with Crippen molar-refractivity contribution < 1.29 is 12.8 Å². The fraction of sp³-hybridized carbons (Fsp3) is 0.0909. The number of hydrogen-bond acceptors (Lipinski definition) is 5. The minimum Gasteiger partial charge on any atom is -0.267 e. The Balaban J connectivity index is 1.97. The van der Waals surface area contributed by atoms with Crippen molar-refractivity contribution in [2.75, 3.05) is 6.26 Å². The van der Waals surface area contributed by atoms with E-state index in [9.17, 15) is 17.6 Å². The Labute approximate surface area is 177 Å². The molecule has 0 saturated carbocycles. The molecule has 0 spiro atoms. The maximum atomic E-state index is 13.5. The Hall–Kier alpha value is -3.10. The van der Waals surface area contributed by atoms with Crippen molar-refractivity contribution >= 4 is 21.2 Å². The van der Waals surface area contributed by atoms with Crippen LogP contribution in [0.2, 0.25) is 0 Å². The van der Waals surface area contributed by atoms with E-state index in [1.807, 2.05) is 18.4 Å². The van der Waals surface area contributed by atoms with Crippen LogP contribution in [0.5, 0.6) is 0 Å². The molecule has 0 fully saturated rings. The molecule has 2 aromatic carbocycles. The van der Waals surface area contributed by atoms with Gasteiger partial charge in [0.1, 0.15) is 10.8 Å². The fourth-order valence-corrected chi connectivity index (χ4v) is 4.69. The highest BCUT2D eigenvalue weighted by Gasteiger charge is 2.18. The van der Waals surface area contributed by atoms with Crippen LogP contribution >= 0.6 is 11.3 Å². The monoisotopic (exact) mass is 440 g/mol. The van der Waals surface area contributed by atoms with Crippen molar-refractivity contribution in [2.24, 2.45) is 0 Å². The van der Waals surface area contributed by atoms with Crippen molar-refractivity contribution in [2.45, 2.75) is 11.8 Å². The third-order valence-corrected chi connectivity index (χ3v) is 6.85. The lowest BCUT2D eigenvalue weighted by atomic mass is 9.97. The van der Waals surface area contributed by atoms with Gasteiger partial charge < -0.3 is 0 Å². The molecule has 0 aliphatic heterocycles. The Morgan fingerprint density at radius 3 is 2.17 bits per heavy atom. The number of halogens is 1. The van der Waals surface area contributed by atoms with Crippen LogP contribution in [0.15, 0.2) is 75.9 Å². The average Bonchev–Trinajstić information content (AvgIpc) is 3.14. The van der Waals surface area contributed by atoms with Gasteiger partial charge in [-0.15, -0.1) is 11.3 Å². The predicted molar refractivity (Wildman–Crippen MR) is 116 cm³/mol. The zero-order chi connectivity index (χ0) is 21.5. The molecule has 5 nitrogen and oxygen atoms in total. The smallest absolute Gasteiger partial charge is 0.267 e. The average molecular weight is 441 g/mol. The second-order valence-corrected chi connectivity index (χ2v) is 9.77. The summed E-state index contributed by atoms with van der Waals surface area (Å²) < 4.78 is 38.4. The molecule has 4 aromatic rings. The Morgan fingerprint density at radius 2 is 1.60 bits per heavy atom. The van der Waals surface area contributed by atoms with Gasteiger partial charge in [-0.2, -0.15) is 9.78 Å². The molecule has 0 radical (unpaired) electrons. The van der Waals surface area contributed by atoms with Gasteiger partial charge >= 0.3 is 0 Å². The standard InChI is InChI=1S/C22H17FN2O3S2/c1-14-11-12-29-22(14)25-21(26)20(16-3-7-17(23)8-4-16)19(13-24-25)15-5-9-18(10-6-15)30(2,27)28/h3-13H,1-2H3. The van der Waals surface area contributed by atoms with Gasteiger partial charge in [0, 0.05) is 11.8 Å². The Morgan fingerprint density at radius 1 is 0.967 bits per heavy atom. The largest absolute Gasteiger partial charge is 0.280 e. The van der Waals surface area contributed by atoms with E-state index in [2.05, 4.69) is 5.10 Å². The van der Waals surface area contributed by atoms with Crippen molar-refractivity contribution in [1.82, 2.24) is 9.78 Å². The Bertz CT molecular complexity index is 1390. The molecule has 2 heterocycles. The maximum Gasteiger partial charge on any atom is 0.280 e. The van der Waals surface area contributed by atoms with Gasteiger partial charge in [-0.05, 0) is 59.3 Å². The third kappa shape index (κ3) is 3.71. The van der Waals surface area contributed by atoms with E-state index in [1.54, 1.807) is 30.5 Å². The SMILES string of the molecule is Cc1ccsc1-n1ncc(-c2ccc(S(C)(=O)=O)cc2)c(-c2ccc(F)cc2)c1=O. The molecular formula is C22H17FN2O3S2. The normalized spacial score (nSPS) is 11.6. The van der Waals surface area contributed by atoms with Crippen LogP contribution in [0.1, 0.15) is 5.56 Å². The first-order valence-electron chi connectivity index (χ1n) is 8.99. The van der Waals surface area contributed by atoms with Gasteiger partial charge in [0.05, 0.1) is 16.7 Å². The molecule has 0 amide bonds. The number of rotatable bonds is 4. The van der Waals surface area contributed by atoms with Crippen LogP contribution in [0.25, 0.3) is 27.3 Å². The molecular weight excluding hydrogens is 423 g/mol. The van der Waals surface area contributed by atoms with Crippen LogP contribution in [0, 0.1) is 12.7 Å². The maximum absolute atomic E-state index is 13.5. The summed E-state index contributed by atoms with van der Waals surface area (Å²) in [5.74, 6) is -0.402. The third-order valence-electron chi connectivity index (χ3n) is 4.73. The molecule has 4 rings (SSSR count). The minimum absolute atomic E-state index is 0.185. The highest BCUT2D eigenvalue weighted by molar-refractivity contribution is 7.90. The van der Waals surface area contributed by atoms with Crippen LogP contribution in [-0.2, 0) is 9.84 Å². The lowest BCUT2D eigenvalue weighted by Crippen LogP contribution is -2.23. The summed E-state index contributed by atoms with van der Waals surface area (Å²) in [6.45, 7) is 1.90. The molecule has 0 unspecified atom stereocenters. The molecule has 0 aliphatic carbocycles. The number of sulfone groups is 1. The first-order valence-corrected chi connectivity index (χ1v) is 11.8. The predicted octanol–water partition coefficient (Wildman–Crippen LogP) is 4.48. The zero-order valence-corrected chi connectivity index (χ0v) is 17.8. The van der Waals surface area contributed by atoms with E-state index in [0.29, 0.717) is 27.3 Å². The van der Waals surface area contributed by atoms with Gasteiger partial charge in [0.2, 0.25) is 0 Å². The number of benzene rings is 2. The van der Waals surface area contributed by atoms with E-state index < -0.39 is 15.7 Å². The van der Waals surface area contributed by atoms with Crippen molar-refractivity contribution in [3.63, 3.8) is 0 Å². The topological polar surface area (TPSA) is 69.0 Å². The fourth-order valence-electron chi connectivity index (χ4n) is 3.18. The van der Waals surface area contributed by atoms with Gasteiger partial charge in [0.25, 0.3) is 5.56 Å². The number of aromatic nitrogens is 2. The van der Waals surface area contributed by atoms with Gasteiger partial charge in [-0.25, -0.2) is 12.8 Å². The van der Waals surface area contributed by atoms with E-state index in [0.717, 1.165) is 11.8 Å². The highest BCUT2D eigenvalue weighted by Crippen LogP contribution is 2.30. The van der Waals surface area contributed by atoms with E-state index >= 15 is 0 Å². The van der Waals surface area contributed by atoms with Crippen LogP contribution in [0.4, 0.5) is 4.39 Å². The van der Waals surface area contributed by atoms with Gasteiger partial charge in [-0.3, -0.25) is 4.79 Å². The molecule has 0 bridgehead atoms. The zero-order valence-electron chi connectivity index (χ0n) is 16.2. The lowest BCUT2D eigenvalue weighted by Gasteiger charge is -2.13. The van der Waals surface area contributed by atoms with Gasteiger partial charge in [-0.1, -0.05) is 24.3 Å². The number of aryl methyl sites for hydroxylation is 1. The van der Waals surface area contributed by atoms with Crippen LogP contribution in [-0.4, -0.2) is 24.5 Å². The minimum atomic E-state index is -3.34. The summed E-state index contributed by atoms with van der Waals surface area (Å²) in [5.41, 5.74) is 2.68. The quantitative estimate of drug-likeness (QED) is 0.469. The summed E-state index contributed by atoms with van der Waals surface area (Å²) in [5, 5.41) is 6.95. The molecule has 8 heteroatoms. The van der Waals surface area contributed by atoms with E-state index in [4.69, 9.17) is 0 Å². The van der Waals surface area contributed by atoms with Crippen molar-refractivity contribution in [1.29, 1.82) is 0 Å². The molecule has 0 N–H and O–H groups in total. The van der Waals surface area contributed by atoms with Crippen molar-refractivity contribution in [3.8, 4) is 27.3 Å². The van der Waals surface area contributed by atoms with Crippen LogP contribution in [0.3, 0.4) is 0 Å². The number of thiophene rings is 1. The van der Waals surface area contributed by atoms with Crippen molar-refractivity contribution in [3.05, 3.63) is 87.9 Å². The molecule has 0 aliphatic rings. The molecule has 152 valence electrons. The number of nitrogens with zero attached hydrogens (tertiary/aromatic N) is 2. The molecule has 0 saturated heterocycles. The summed E-state index contributed by atoms with van der Waals surface area (Å²) in [6.07, 6.45) is 2.72. The summed E-state index contributed by atoms with van der Waals surface area (Å²) in [4.78, 5) is 13.6. The van der Waals surface area contributed by atoms with E-state index in [1.165, 1.54) is 40.3 Å². The van der Waals surface area contributed by atoms with E-state index in [-0.39, 0.29) is 10.5 Å². The number of hydrogen-bond donors (Lipinski definition) is 0. The first kappa shape index (κ1) is 20.2. The first-order chi connectivity index (χ1) is 14.3. The molecule has 0 atom stereocenters. The summed E-state index contributed by atoms with van der Waals surface area (Å²) in [7, 11) is -3.34. The highest BCUT2D eigenvalue weighted by atomic mass is 32.2. The summed E-state index contributed by atoms with van der Waals surface area (Å²) >= 11 is 1.40. The molecule has 2 aromatic heterocycles. The van der Waals surface area contributed by atoms with Crippen LogP contribution < -0.4 is 5.56 Å². The lowest BCUT2D eigenvalue weighted by molar-refractivity contribution is 0.602. The Kier molecular flexibility index (Phi) is 5.13. The molecule has 30 heavy (non-hydrogen) atoms.